The van der Waals surface area contributed by atoms with Crippen LogP contribution >= 0.6 is 0 Å². The Labute approximate surface area is 116 Å². The predicted octanol–water partition coefficient (Wildman–Crippen LogP) is 3.10. The smallest absolute Gasteiger partial charge is 0.294 e. The van der Waals surface area contributed by atoms with Gasteiger partial charge in [-0.1, -0.05) is 19.4 Å². The van der Waals surface area contributed by atoms with Crippen molar-refractivity contribution in [3.05, 3.63) is 39.8 Å². The molecule has 0 radical (unpaired) electrons. The van der Waals surface area contributed by atoms with E-state index in [9.17, 15) is 9.90 Å². The summed E-state index contributed by atoms with van der Waals surface area (Å²) in [7, 11) is 1.64. The molecule has 0 aliphatic rings. The number of phenols is 1. The van der Waals surface area contributed by atoms with Crippen molar-refractivity contribution in [2.45, 2.75) is 26.7 Å². The largest absolute Gasteiger partial charge is 0.506 e. The lowest BCUT2D eigenvalue weighted by atomic mass is 10.2. The Bertz CT molecular complexity index is 698. The Kier molecular flexibility index (Phi) is 4.02. The minimum absolute atomic E-state index is 0.0451. The molecule has 0 amide bonds. The van der Waals surface area contributed by atoms with Gasteiger partial charge in [-0.3, -0.25) is 14.6 Å². The van der Waals surface area contributed by atoms with Crippen molar-refractivity contribution >= 4 is 11.4 Å². The molecule has 1 aromatic heterocycles. The molecule has 0 saturated heterocycles. The minimum Gasteiger partial charge on any atom is -0.506 e. The van der Waals surface area contributed by atoms with Crippen molar-refractivity contribution in [1.29, 1.82) is 0 Å². The number of nitrogens with zero attached hydrogens (tertiary/aromatic N) is 3. The molecule has 20 heavy (non-hydrogen) atoms. The molecule has 1 aromatic carbocycles. The topological polar surface area (TPSA) is 82.7 Å². The van der Waals surface area contributed by atoms with Crippen LogP contribution in [0.3, 0.4) is 0 Å². The van der Waals surface area contributed by atoms with Gasteiger partial charge in [0.2, 0.25) is 0 Å². The molecule has 0 bridgehead atoms. The van der Waals surface area contributed by atoms with Crippen LogP contribution in [-0.4, -0.2) is 14.9 Å². The van der Waals surface area contributed by atoms with Crippen LogP contribution in [0.4, 0.5) is 11.4 Å². The van der Waals surface area contributed by atoms with Gasteiger partial charge in [0.1, 0.15) is 11.4 Å². The molecular formula is C14H18N4O2. The first-order valence-corrected chi connectivity index (χ1v) is 6.52. The van der Waals surface area contributed by atoms with Crippen molar-refractivity contribution < 1.29 is 5.11 Å². The zero-order chi connectivity index (χ0) is 14.7. The first-order valence-electron chi connectivity index (χ1n) is 6.52. The lowest BCUT2D eigenvalue weighted by molar-refractivity contribution is 0.476. The van der Waals surface area contributed by atoms with Crippen LogP contribution in [0.25, 0.3) is 0 Å². The Hall–Kier alpha value is -2.37. The number of azo groups is 1. The average molecular weight is 274 g/mol. The molecular weight excluding hydrogens is 256 g/mol. The molecule has 1 heterocycles. The number of rotatable bonds is 4. The normalized spacial score (nSPS) is 11.3. The van der Waals surface area contributed by atoms with Gasteiger partial charge in [0.05, 0.1) is 5.69 Å². The van der Waals surface area contributed by atoms with Gasteiger partial charge < -0.3 is 5.11 Å². The highest BCUT2D eigenvalue weighted by Gasteiger charge is 2.11. The molecule has 0 aliphatic carbocycles. The van der Waals surface area contributed by atoms with E-state index in [2.05, 4.69) is 15.3 Å². The van der Waals surface area contributed by atoms with Crippen LogP contribution in [0.1, 0.15) is 24.6 Å². The fourth-order valence-corrected chi connectivity index (χ4v) is 1.94. The third kappa shape index (κ3) is 2.79. The molecule has 2 aromatic rings. The zero-order valence-corrected chi connectivity index (χ0v) is 11.8. The SMILES string of the molecule is CCCc1[nH]n(C)c(=O)c1N=Nc1cc(C)ccc1O. The summed E-state index contributed by atoms with van der Waals surface area (Å²) in [6.45, 7) is 3.93. The number of aromatic nitrogens is 2. The van der Waals surface area contributed by atoms with Crippen LogP contribution in [0.15, 0.2) is 33.2 Å². The van der Waals surface area contributed by atoms with Crippen molar-refractivity contribution in [1.82, 2.24) is 9.78 Å². The zero-order valence-electron chi connectivity index (χ0n) is 11.8. The van der Waals surface area contributed by atoms with E-state index in [-0.39, 0.29) is 11.3 Å². The second kappa shape index (κ2) is 5.73. The van der Waals surface area contributed by atoms with Gasteiger partial charge in [-0.15, -0.1) is 10.2 Å². The lowest BCUT2D eigenvalue weighted by Crippen LogP contribution is -2.10. The molecule has 0 fully saturated rings. The molecule has 0 atom stereocenters. The summed E-state index contributed by atoms with van der Waals surface area (Å²) in [6, 6.07) is 5.06. The van der Waals surface area contributed by atoms with E-state index in [4.69, 9.17) is 0 Å². The summed E-state index contributed by atoms with van der Waals surface area (Å²) in [5, 5.41) is 20.7. The molecule has 0 spiro atoms. The van der Waals surface area contributed by atoms with Gasteiger partial charge in [0, 0.05) is 7.05 Å². The number of hydrogen-bond acceptors (Lipinski definition) is 4. The Morgan fingerprint density at radius 2 is 2.10 bits per heavy atom. The highest BCUT2D eigenvalue weighted by atomic mass is 16.3. The van der Waals surface area contributed by atoms with Crippen LogP contribution in [0.2, 0.25) is 0 Å². The van der Waals surface area contributed by atoms with E-state index >= 15 is 0 Å². The molecule has 6 heteroatoms. The Morgan fingerprint density at radius 1 is 1.35 bits per heavy atom. The first-order chi connectivity index (χ1) is 9.52. The third-order valence-corrected chi connectivity index (χ3v) is 2.98. The average Bonchev–Trinajstić information content (AvgIpc) is 2.67. The summed E-state index contributed by atoms with van der Waals surface area (Å²) >= 11 is 0. The maximum atomic E-state index is 12.0. The molecule has 0 saturated carbocycles. The predicted molar refractivity (Wildman–Crippen MR) is 77.0 cm³/mol. The monoisotopic (exact) mass is 274 g/mol. The van der Waals surface area contributed by atoms with E-state index in [1.807, 2.05) is 13.8 Å². The minimum atomic E-state index is -0.218. The molecule has 2 N–H and O–H groups in total. The summed E-state index contributed by atoms with van der Waals surface area (Å²) in [4.78, 5) is 12.0. The van der Waals surface area contributed by atoms with E-state index in [1.165, 1.54) is 4.68 Å². The van der Waals surface area contributed by atoms with Gasteiger partial charge in [-0.2, -0.15) is 0 Å². The fourth-order valence-electron chi connectivity index (χ4n) is 1.94. The number of phenolic OH excluding ortho intramolecular Hbond substituents is 1. The van der Waals surface area contributed by atoms with Crippen molar-refractivity contribution in [2.75, 3.05) is 0 Å². The van der Waals surface area contributed by atoms with Crippen LogP contribution < -0.4 is 5.56 Å². The van der Waals surface area contributed by atoms with Crippen LogP contribution in [-0.2, 0) is 13.5 Å². The molecule has 0 aliphatic heterocycles. The maximum absolute atomic E-state index is 12.0. The standard InChI is InChI=1S/C14H18N4O2/c1-4-5-10-13(14(20)18(3)17-10)16-15-11-8-9(2)6-7-12(11)19/h6-8,17,19H,4-5H2,1-3H3. The van der Waals surface area contributed by atoms with E-state index in [1.54, 1.807) is 25.2 Å². The van der Waals surface area contributed by atoms with Crippen molar-refractivity contribution in [3.63, 3.8) is 0 Å². The summed E-state index contributed by atoms with van der Waals surface area (Å²) in [6.07, 6.45) is 1.63. The first kappa shape index (κ1) is 14.0. The number of aromatic amines is 1. The fraction of sp³-hybridized carbons (Fsp3) is 0.357. The van der Waals surface area contributed by atoms with Gasteiger partial charge in [-0.05, 0) is 31.0 Å². The molecule has 2 rings (SSSR count). The van der Waals surface area contributed by atoms with Crippen LogP contribution in [0.5, 0.6) is 5.75 Å². The highest BCUT2D eigenvalue weighted by molar-refractivity contribution is 5.52. The molecule has 6 nitrogen and oxygen atoms in total. The quantitative estimate of drug-likeness (QED) is 0.840. The van der Waals surface area contributed by atoms with Gasteiger partial charge >= 0.3 is 0 Å². The number of H-pyrrole nitrogens is 1. The summed E-state index contributed by atoms with van der Waals surface area (Å²) in [5.74, 6) is 0.0451. The van der Waals surface area contributed by atoms with Gasteiger partial charge in [0.25, 0.3) is 5.56 Å². The lowest BCUT2D eigenvalue weighted by Gasteiger charge is -1.99. The second-order valence-corrected chi connectivity index (χ2v) is 4.75. The number of aryl methyl sites for hydroxylation is 3. The van der Waals surface area contributed by atoms with E-state index in [0.717, 1.165) is 24.1 Å². The number of aromatic hydroxyl groups is 1. The molecule has 106 valence electrons. The molecule has 0 unspecified atom stereocenters. The van der Waals surface area contributed by atoms with Gasteiger partial charge in [0.15, 0.2) is 5.69 Å². The van der Waals surface area contributed by atoms with Crippen molar-refractivity contribution in [3.8, 4) is 5.75 Å². The van der Waals surface area contributed by atoms with Crippen molar-refractivity contribution in [2.24, 2.45) is 17.3 Å². The number of nitrogens with one attached hydrogen (secondary N) is 1. The number of benzene rings is 1. The maximum Gasteiger partial charge on any atom is 0.294 e. The third-order valence-electron chi connectivity index (χ3n) is 2.98. The highest BCUT2D eigenvalue weighted by Crippen LogP contribution is 2.28. The Morgan fingerprint density at radius 3 is 2.80 bits per heavy atom. The van der Waals surface area contributed by atoms with E-state index in [0.29, 0.717) is 11.4 Å². The van der Waals surface area contributed by atoms with E-state index < -0.39 is 0 Å². The Balaban J connectivity index is 2.41. The number of hydrogen-bond donors (Lipinski definition) is 2. The second-order valence-electron chi connectivity index (χ2n) is 4.75. The summed E-state index contributed by atoms with van der Waals surface area (Å²) in [5.41, 5.74) is 2.17. The van der Waals surface area contributed by atoms with Crippen LogP contribution in [0, 0.1) is 6.92 Å². The summed E-state index contributed by atoms with van der Waals surface area (Å²) < 4.78 is 1.38. The van der Waals surface area contributed by atoms with Gasteiger partial charge in [-0.25, -0.2) is 0 Å².